The van der Waals surface area contributed by atoms with Crippen LogP contribution in [-0.4, -0.2) is 64.0 Å². The van der Waals surface area contributed by atoms with Crippen molar-refractivity contribution in [3.05, 3.63) is 48.0 Å². The molecule has 0 fully saturated rings. The number of hydrazone groups is 1. The number of hydrogen-bond donors (Lipinski definition) is 2. The van der Waals surface area contributed by atoms with Crippen molar-refractivity contribution in [2.24, 2.45) is 5.10 Å². The lowest BCUT2D eigenvalue weighted by Gasteiger charge is -2.21. The van der Waals surface area contributed by atoms with Gasteiger partial charge in [0.05, 0.1) is 13.3 Å². The van der Waals surface area contributed by atoms with Crippen LogP contribution in [0.3, 0.4) is 0 Å². The molecular formula is C25H29N7O3. The Bertz CT molecular complexity index is 1330. The third-order valence-corrected chi connectivity index (χ3v) is 5.38. The summed E-state index contributed by atoms with van der Waals surface area (Å²) in [6.07, 6.45) is 3.43. The van der Waals surface area contributed by atoms with Crippen molar-refractivity contribution in [2.45, 2.75) is 26.7 Å². The van der Waals surface area contributed by atoms with E-state index in [1.165, 1.54) is 0 Å². The molecule has 1 amide bonds. The molecule has 0 atom stereocenters. The molecule has 0 aliphatic carbocycles. The predicted octanol–water partition coefficient (Wildman–Crippen LogP) is 3.99. The van der Waals surface area contributed by atoms with Gasteiger partial charge in [-0.2, -0.15) is 10.1 Å². The zero-order valence-electron chi connectivity index (χ0n) is 20.1. The molecule has 4 rings (SSSR count). The molecule has 2 aromatic heterocycles. The molecule has 0 radical (unpaired) electrons. The lowest BCUT2D eigenvalue weighted by Crippen LogP contribution is -2.36. The molecule has 35 heavy (non-hydrogen) atoms. The number of nitrogens with zero attached hydrogens (tertiary/aromatic N) is 5. The first-order chi connectivity index (χ1) is 17.1. The summed E-state index contributed by atoms with van der Waals surface area (Å²) in [5.41, 5.74) is 5.86. The van der Waals surface area contributed by atoms with E-state index in [1.807, 2.05) is 35.2 Å². The molecule has 2 aromatic carbocycles. The van der Waals surface area contributed by atoms with Gasteiger partial charge < -0.3 is 19.4 Å². The van der Waals surface area contributed by atoms with E-state index < -0.39 is 0 Å². The molecule has 0 saturated carbocycles. The molecule has 10 nitrogen and oxygen atoms in total. The zero-order valence-corrected chi connectivity index (χ0v) is 20.1. The van der Waals surface area contributed by atoms with Gasteiger partial charge in [0.15, 0.2) is 23.8 Å². The summed E-state index contributed by atoms with van der Waals surface area (Å²) >= 11 is 0. The molecule has 2 N–H and O–H groups in total. The maximum absolute atomic E-state index is 12.5. The fourth-order valence-corrected chi connectivity index (χ4v) is 3.75. The van der Waals surface area contributed by atoms with Crippen LogP contribution in [0.4, 0.5) is 5.95 Å². The van der Waals surface area contributed by atoms with Crippen molar-refractivity contribution in [1.82, 2.24) is 25.1 Å². The summed E-state index contributed by atoms with van der Waals surface area (Å²) < 4.78 is 11.2. The number of para-hydroxylation sites is 1. The molecular weight excluding hydrogens is 446 g/mol. The second-order valence-electron chi connectivity index (χ2n) is 7.95. The van der Waals surface area contributed by atoms with Crippen molar-refractivity contribution in [2.75, 3.05) is 32.2 Å². The Hall–Kier alpha value is -4.21. The topological polar surface area (TPSA) is 118 Å². The second-order valence-corrected chi connectivity index (χ2v) is 7.95. The highest BCUT2D eigenvalue weighted by molar-refractivity contribution is 6.03. The lowest BCUT2D eigenvalue weighted by atomic mass is 10.2. The van der Waals surface area contributed by atoms with E-state index in [1.54, 1.807) is 25.5 Å². The van der Waals surface area contributed by atoms with Crippen LogP contribution in [0.2, 0.25) is 0 Å². The smallest absolute Gasteiger partial charge is 0.265 e. The van der Waals surface area contributed by atoms with Gasteiger partial charge in [-0.3, -0.25) is 4.79 Å². The van der Waals surface area contributed by atoms with Gasteiger partial charge in [-0.05, 0) is 42.7 Å². The van der Waals surface area contributed by atoms with Crippen molar-refractivity contribution < 1.29 is 14.3 Å². The highest BCUT2D eigenvalue weighted by Gasteiger charge is 2.14. The second kappa shape index (κ2) is 11.3. The van der Waals surface area contributed by atoms with E-state index in [0.717, 1.165) is 42.4 Å². The summed E-state index contributed by atoms with van der Waals surface area (Å²) in [4.78, 5) is 22.0. The van der Waals surface area contributed by atoms with Gasteiger partial charge in [-0.1, -0.05) is 32.0 Å². The van der Waals surface area contributed by atoms with Gasteiger partial charge >= 0.3 is 0 Å². The van der Waals surface area contributed by atoms with Crippen LogP contribution in [0.5, 0.6) is 11.5 Å². The number of hydrogen-bond acceptors (Lipinski definition) is 8. The standard InChI is InChI=1S/C25H29N7O3/c1-4-12-32(13-5-2)22(33)16-35-20-11-10-17(14-21(20)34-3)15-26-30-25-28-24-23(29-31-25)18-8-6-7-9-19(18)27-24/h6-11,14-15H,4-5,12-13,16H2,1-3H3,(H2,27,28,30,31)/b26-15+. The third kappa shape index (κ3) is 5.65. The Balaban J connectivity index is 1.40. The number of rotatable bonds is 11. The maximum Gasteiger partial charge on any atom is 0.265 e. The van der Waals surface area contributed by atoms with Crippen molar-refractivity contribution in [3.63, 3.8) is 0 Å². The number of carbonyl (C=O) groups is 1. The van der Waals surface area contributed by atoms with Gasteiger partial charge in [0.2, 0.25) is 0 Å². The van der Waals surface area contributed by atoms with Gasteiger partial charge in [-0.15, -0.1) is 10.2 Å². The zero-order chi connectivity index (χ0) is 24.6. The minimum Gasteiger partial charge on any atom is -0.493 e. The number of H-pyrrole nitrogens is 1. The summed E-state index contributed by atoms with van der Waals surface area (Å²) in [5, 5.41) is 13.5. The Labute approximate surface area is 203 Å². The molecule has 0 spiro atoms. The van der Waals surface area contributed by atoms with Crippen LogP contribution in [0.15, 0.2) is 47.6 Å². The summed E-state index contributed by atoms with van der Waals surface area (Å²) in [7, 11) is 1.55. The monoisotopic (exact) mass is 475 g/mol. The van der Waals surface area contributed by atoms with Crippen LogP contribution in [0.1, 0.15) is 32.3 Å². The van der Waals surface area contributed by atoms with Crippen LogP contribution >= 0.6 is 0 Å². The Morgan fingerprint density at radius 3 is 2.69 bits per heavy atom. The minimum absolute atomic E-state index is 0.0358. The number of aromatic amines is 1. The van der Waals surface area contributed by atoms with E-state index in [4.69, 9.17) is 9.47 Å². The van der Waals surface area contributed by atoms with E-state index >= 15 is 0 Å². The number of fused-ring (bicyclic) bond motifs is 3. The van der Waals surface area contributed by atoms with Gasteiger partial charge in [0, 0.05) is 24.0 Å². The van der Waals surface area contributed by atoms with Gasteiger partial charge in [-0.25, -0.2) is 5.43 Å². The number of carbonyl (C=O) groups excluding carboxylic acids is 1. The third-order valence-electron chi connectivity index (χ3n) is 5.38. The quantitative estimate of drug-likeness (QED) is 0.249. The minimum atomic E-state index is -0.0360. The molecule has 0 aliphatic heterocycles. The first-order valence-electron chi connectivity index (χ1n) is 11.6. The van der Waals surface area contributed by atoms with Crippen molar-refractivity contribution in [1.29, 1.82) is 0 Å². The van der Waals surface area contributed by atoms with E-state index in [2.05, 4.69) is 44.5 Å². The number of ether oxygens (including phenoxy) is 2. The maximum atomic E-state index is 12.5. The van der Waals surface area contributed by atoms with Gasteiger partial charge in [0.25, 0.3) is 11.9 Å². The molecule has 10 heteroatoms. The fourth-order valence-electron chi connectivity index (χ4n) is 3.75. The molecule has 0 unspecified atom stereocenters. The molecule has 182 valence electrons. The largest absolute Gasteiger partial charge is 0.493 e. The molecule has 0 bridgehead atoms. The average molecular weight is 476 g/mol. The number of benzene rings is 2. The highest BCUT2D eigenvalue weighted by atomic mass is 16.5. The first-order valence-corrected chi connectivity index (χ1v) is 11.6. The summed E-state index contributed by atoms with van der Waals surface area (Å²) in [6, 6.07) is 13.2. The lowest BCUT2D eigenvalue weighted by molar-refractivity contribution is -0.133. The number of anilines is 1. The van der Waals surface area contributed by atoms with Gasteiger partial charge in [0.1, 0.15) is 5.52 Å². The van der Waals surface area contributed by atoms with Crippen molar-refractivity contribution in [3.8, 4) is 11.5 Å². The van der Waals surface area contributed by atoms with Crippen LogP contribution < -0.4 is 14.9 Å². The number of methoxy groups -OCH3 is 1. The van der Waals surface area contributed by atoms with Crippen molar-refractivity contribution >= 4 is 40.1 Å². The SMILES string of the molecule is CCCN(CCC)C(=O)COc1ccc(/C=N/Nc2nnc3c(n2)[nH]c2ccccc23)cc1OC. The van der Waals surface area contributed by atoms with Crippen LogP contribution in [-0.2, 0) is 4.79 Å². The van der Waals surface area contributed by atoms with Crippen LogP contribution in [0.25, 0.3) is 22.1 Å². The molecule has 2 heterocycles. The Kier molecular flexibility index (Phi) is 7.71. The molecule has 4 aromatic rings. The van der Waals surface area contributed by atoms with Crippen LogP contribution in [0, 0.1) is 0 Å². The number of aromatic nitrogens is 4. The van der Waals surface area contributed by atoms with E-state index in [0.29, 0.717) is 22.7 Å². The first kappa shape index (κ1) is 23.9. The normalized spacial score (nSPS) is 11.3. The Morgan fingerprint density at radius 2 is 1.91 bits per heavy atom. The Morgan fingerprint density at radius 1 is 1.11 bits per heavy atom. The molecule has 0 saturated heterocycles. The molecule has 0 aliphatic rings. The number of nitrogens with one attached hydrogen (secondary N) is 2. The number of amides is 1. The highest BCUT2D eigenvalue weighted by Crippen LogP contribution is 2.27. The predicted molar refractivity (Wildman–Crippen MR) is 136 cm³/mol. The van der Waals surface area contributed by atoms with E-state index in [9.17, 15) is 4.79 Å². The fraction of sp³-hybridized carbons (Fsp3) is 0.320. The van der Waals surface area contributed by atoms with E-state index in [-0.39, 0.29) is 18.5 Å². The summed E-state index contributed by atoms with van der Waals surface area (Å²) in [6.45, 7) is 5.52. The average Bonchev–Trinajstić information content (AvgIpc) is 3.25. The summed E-state index contributed by atoms with van der Waals surface area (Å²) in [5.74, 6) is 1.24.